The van der Waals surface area contributed by atoms with E-state index in [9.17, 15) is 0 Å². The van der Waals surface area contributed by atoms with Crippen LogP contribution in [-0.4, -0.2) is 21.3 Å². The molecule has 0 spiro atoms. The summed E-state index contributed by atoms with van der Waals surface area (Å²) in [5.41, 5.74) is 1.10. The topological polar surface area (TPSA) is 42.7 Å². The molecule has 0 radical (unpaired) electrons. The van der Waals surface area contributed by atoms with Crippen molar-refractivity contribution in [3.8, 4) is 10.7 Å². The van der Waals surface area contributed by atoms with Crippen LogP contribution in [0.4, 0.5) is 0 Å². The largest absolute Gasteiger partial charge is 0.310 e. The number of nitrogens with one attached hydrogen (secondary N) is 1. The molecule has 0 bridgehead atoms. The summed E-state index contributed by atoms with van der Waals surface area (Å²) in [5.74, 6) is 0. The fourth-order valence-electron chi connectivity index (χ4n) is 1.78. The summed E-state index contributed by atoms with van der Waals surface area (Å²) in [4.78, 5) is 5.76. The van der Waals surface area contributed by atoms with Crippen LogP contribution in [0.15, 0.2) is 18.5 Å². The first-order chi connectivity index (χ1) is 8.26. The molecule has 0 saturated heterocycles. The van der Waals surface area contributed by atoms with Crippen molar-refractivity contribution in [3.05, 3.63) is 23.3 Å². The lowest BCUT2D eigenvalue weighted by molar-refractivity contribution is 0.606. The van der Waals surface area contributed by atoms with E-state index in [1.54, 1.807) is 11.3 Å². The highest BCUT2D eigenvalue weighted by Gasteiger charge is 2.12. The standard InChI is InChI=1S/C12H18N4S/c1-4-13-9(3)11-8-14-12(17-11)10-6-7-15-16(10)5-2/h6-9,13H,4-5H2,1-3H3. The minimum absolute atomic E-state index is 0.365. The molecule has 1 N–H and O–H groups in total. The van der Waals surface area contributed by atoms with Crippen LogP contribution in [0.1, 0.15) is 31.7 Å². The van der Waals surface area contributed by atoms with E-state index in [0.29, 0.717) is 6.04 Å². The van der Waals surface area contributed by atoms with Gasteiger partial charge in [-0.25, -0.2) is 4.98 Å². The van der Waals surface area contributed by atoms with E-state index in [1.807, 2.05) is 23.1 Å². The minimum Gasteiger partial charge on any atom is -0.310 e. The molecule has 2 aromatic rings. The van der Waals surface area contributed by atoms with Crippen molar-refractivity contribution in [2.24, 2.45) is 0 Å². The molecule has 0 saturated carbocycles. The molecule has 0 aliphatic heterocycles. The highest BCUT2D eigenvalue weighted by molar-refractivity contribution is 7.15. The lowest BCUT2D eigenvalue weighted by Crippen LogP contribution is -2.16. The second-order valence-electron chi connectivity index (χ2n) is 3.88. The molecule has 4 nitrogen and oxygen atoms in total. The Hall–Kier alpha value is -1.20. The summed E-state index contributed by atoms with van der Waals surface area (Å²) in [5, 5.41) is 8.71. The van der Waals surface area contributed by atoms with E-state index < -0.39 is 0 Å². The molecule has 1 unspecified atom stereocenters. The average Bonchev–Trinajstić information content (AvgIpc) is 2.97. The van der Waals surface area contributed by atoms with Crippen molar-refractivity contribution in [2.75, 3.05) is 6.54 Å². The third-order valence-corrected chi connectivity index (χ3v) is 3.90. The van der Waals surface area contributed by atoms with Gasteiger partial charge in [0, 0.05) is 29.9 Å². The zero-order valence-corrected chi connectivity index (χ0v) is 11.3. The van der Waals surface area contributed by atoms with Crippen LogP contribution in [0, 0.1) is 0 Å². The van der Waals surface area contributed by atoms with Crippen LogP contribution in [-0.2, 0) is 6.54 Å². The number of aryl methyl sites for hydroxylation is 1. The molecule has 0 aromatic carbocycles. The van der Waals surface area contributed by atoms with Crippen molar-refractivity contribution in [3.63, 3.8) is 0 Å². The zero-order valence-electron chi connectivity index (χ0n) is 10.5. The molecule has 92 valence electrons. The molecule has 2 heterocycles. The van der Waals surface area contributed by atoms with E-state index >= 15 is 0 Å². The Labute approximate surface area is 106 Å². The highest BCUT2D eigenvalue weighted by Crippen LogP contribution is 2.28. The molecule has 0 aliphatic rings. The van der Waals surface area contributed by atoms with E-state index in [0.717, 1.165) is 23.8 Å². The summed E-state index contributed by atoms with van der Waals surface area (Å²) in [7, 11) is 0. The molecular formula is C12H18N4S. The molecule has 0 aliphatic carbocycles. The third-order valence-electron chi connectivity index (χ3n) is 2.70. The molecule has 2 aromatic heterocycles. The van der Waals surface area contributed by atoms with Gasteiger partial charge in [0.25, 0.3) is 0 Å². The maximum Gasteiger partial charge on any atom is 0.141 e. The summed E-state index contributed by atoms with van der Waals surface area (Å²) >= 11 is 1.73. The van der Waals surface area contributed by atoms with E-state index in [4.69, 9.17) is 0 Å². The van der Waals surface area contributed by atoms with E-state index in [-0.39, 0.29) is 0 Å². The summed E-state index contributed by atoms with van der Waals surface area (Å²) in [6.07, 6.45) is 3.79. The molecule has 5 heteroatoms. The van der Waals surface area contributed by atoms with Gasteiger partial charge in [0.15, 0.2) is 0 Å². The van der Waals surface area contributed by atoms with Crippen LogP contribution in [0.2, 0.25) is 0 Å². The first-order valence-corrected chi connectivity index (χ1v) is 6.79. The Morgan fingerprint density at radius 3 is 3.00 bits per heavy atom. The second-order valence-corrected chi connectivity index (χ2v) is 4.94. The number of hydrogen-bond donors (Lipinski definition) is 1. The molecular weight excluding hydrogens is 232 g/mol. The monoisotopic (exact) mass is 250 g/mol. The summed E-state index contributed by atoms with van der Waals surface area (Å²) in [6.45, 7) is 8.22. The van der Waals surface area contributed by atoms with Crippen LogP contribution in [0.3, 0.4) is 0 Å². The smallest absolute Gasteiger partial charge is 0.141 e. The van der Waals surface area contributed by atoms with Crippen molar-refractivity contribution in [1.82, 2.24) is 20.1 Å². The van der Waals surface area contributed by atoms with Gasteiger partial charge in [0.05, 0.1) is 5.69 Å². The predicted octanol–water partition coefficient (Wildman–Crippen LogP) is 2.70. The number of hydrogen-bond acceptors (Lipinski definition) is 4. The van der Waals surface area contributed by atoms with Crippen molar-refractivity contribution < 1.29 is 0 Å². The van der Waals surface area contributed by atoms with Crippen molar-refractivity contribution in [1.29, 1.82) is 0 Å². The van der Waals surface area contributed by atoms with Crippen molar-refractivity contribution in [2.45, 2.75) is 33.4 Å². The van der Waals surface area contributed by atoms with E-state index in [1.165, 1.54) is 4.88 Å². The van der Waals surface area contributed by atoms with Gasteiger partial charge in [-0.15, -0.1) is 11.3 Å². The molecule has 17 heavy (non-hydrogen) atoms. The molecule has 0 fully saturated rings. The minimum atomic E-state index is 0.365. The number of aromatic nitrogens is 3. The van der Waals surface area contributed by atoms with Gasteiger partial charge in [-0.05, 0) is 26.5 Å². The SMILES string of the molecule is CCNC(C)c1cnc(-c2ccnn2CC)s1. The average molecular weight is 250 g/mol. The second kappa shape index (κ2) is 5.42. The Morgan fingerprint density at radius 1 is 1.47 bits per heavy atom. The van der Waals surface area contributed by atoms with Gasteiger partial charge in [0.1, 0.15) is 5.01 Å². The Kier molecular flexibility index (Phi) is 3.91. The summed E-state index contributed by atoms with van der Waals surface area (Å²) in [6, 6.07) is 2.38. The van der Waals surface area contributed by atoms with Gasteiger partial charge < -0.3 is 5.32 Å². The number of nitrogens with zero attached hydrogens (tertiary/aromatic N) is 3. The predicted molar refractivity (Wildman–Crippen MR) is 71.1 cm³/mol. The first kappa shape index (κ1) is 12.3. The van der Waals surface area contributed by atoms with Gasteiger partial charge in [0.2, 0.25) is 0 Å². The van der Waals surface area contributed by atoms with Crippen LogP contribution in [0.25, 0.3) is 10.7 Å². The normalized spacial score (nSPS) is 12.9. The lowest BCUT2D eigenvalue weighted by atomic mass is 10.3. The van der Waals surface area contributed by atoms with Gasteiger partial charge in [-0.1, -0.05) is 6.92 Å². The van der Waals surface area contributed by atoms with Gasteiger partial charge in [-0.2, -0.15) is 5.10 Å². The lowest BCUT2D eigenvalue weighted by Gasteiger charge is -2.08. The fraction of sp³-hybridized carbons (Fsp3) is 0.500. The third kappa shape index (κ3) is 2.56. The fourth-order valence-corrected chi connectivity index (χ4v) is 2.75. The molecule has 2 rings (SSSR count). The number of thiazole rings is 1. The molecule has 0 amide bonds. The van der Waals surface area contributed by atoms with Crippen LogP contribution >= 0.6 is 11.3 Å². The number of rotatable bonds is 5. The van der Waals surface area contributed by atoms with Crippen molar-refractivity contribution >= 4 is 11.3 Å². The maximum atomic E-state index is 4.49. The zero-order chi connectivity index (χ0) is 12.3. The maximum absolute atomic E-state index is 4.49. The van der Waals surface area contributed by atoms with Gasteiger partial charge in [-0.3, -0.25) is 4.68 Å². The van der Waals surface area contributed by atoms with E-state index in [2.05, 4.69) is 36.2 Å². The van der Waals surface area contributed by atoms with Crippen LogP contribution in [0.5, 0.6) is 0 Å². The highest BCUT2D eigenvalue weighted by atomic mass is 32.1. The Morgan fingerprint density at radius 2 is 2.29 bits per heavy atom. The quantitative estimate of drug-likeness (QED) is 0.887. The Bertz CT molecular complexity index is 474. The molecule has 1 atom stereocenters. The van der Waals surface area contributed by atoms with Crippen LogP contribution < -0.4 is 5.32 Å². The summed E-state index contributed by atoms with van der Waals surface area (Å²) < 4.78 is 1.97. The first-order valence-electron chi connectivity index (χ1n) is 5.97. The van der Waals surface area contributed by atoms with Gasteiger partial charge >= 0.3 is 0 Å². The Balaban J connectivity index is 2.23.